The minimum atomic E-state index is -0.248. The monoisotopic (exact) mass is 463 g/mol. The summed E-state index contributed by atoms with van der Waals surface area (Å²) in [5.41, 5.74) is 1.90. The first kappa shape index (κ1) is 23.0. The second kappa shape index (κ2) is 9.87. The molecular weight excluding hydrogens is 429 g/mol. The van der Waals surface area contributed by atoms with Crippen molar-refractivity contribution < 1.29 is 14.0 Å². The van der Waals surface area contributed by atoms with Crippen LogP contribution in [0.15, 0.2) is 54.6 Å². The number of piperidine rings is 1. The molecule has 2 aromatic rings. The molecule has 0 radical (unpaired) electrons. The summed E-state index contributed by atoms with van der Waals surface area (Å²) in [6, 6.07) is 16.7. The van der Waals surface area contributed by atoms with Gasteiger partial charge in [0.25, 0.3) is 0 Å². The van der Waals surface area contributed by atoms with Crippen molar-refractivity contribution in [3.8, 4) is 0 Å². The standard InChI is InChI=1S/C28H34FN3O2/c29-24-10-6-21(7-11-24)20-32-19-15-28(27(32)34)13-17-31(18-14-28)16-12-25(22-4-2-1-3-5-22)30-26(33)23-8-9-23/h1-7,10-11,23,25H,8-9,12-20H2,(H,30,33)/t25-/m0/s1. The molecule has 5 nitrogen and oxygen atoms in total. The van der Waals surface area contributed by atoms with Crippen molar-refractivity contribution in [2.45, 2.75) is 51.1 Å². The summed E-state index contributed by atoms with van der Waals surface area (Å²) in [5.74, 6) is 0.397. The Morgan fingerprint density at radius 3 is 2.35 bits per heavy atom. The normalized spacial score (nSPS) is 21.1. The Balaban J connectivity index is 1.14. The quantitative estimate of drug-likeness (QED) is 0.635. The third-order valence-electron chi connectivity index (χ3n) is 7.90. The lowest BCUT2D eigenvalue weighted by Crippen LogP contribution is -2.45. The van der Waals surface area contributed by atoms with Gasteiger partial charge in [0.2, 0.25) is 11.8 Å². The molecule has 2 amide bonds. The molecule has 0 unspecified atom stereocenters. The average molecular weight is 464 g/mol. The van der Waals surface area contributed by atoms with E-state index >= 15 is 0 Å². The molecule has 2 aromatic carbocycles. The van der Waals surface area contributed by atoms with Gasteiger partial charge in [0.1, 0.15) is 5.82 Å². The van der Waals surface area contributed by atoms with Crippen molar-refractivity contribution in [2.24, 2.45) is 11.3 Å². The zero-order valence-electron chi connectivity index (χ0n) is 19.7. The SMILES string of the molecule is O=C(N[C@@H](CCN1CCC2(CC1)CCN(Cc1ccc(F)cc1)C2=O)c1ccccc1)C1CC1. The highest BCUT2D eigenvalue weighted by Gasteiger charge is 2.47. The van der Waals surface area contributed by atoms with Crippen molar-refractivity contribution >= 4 is 11.8 Å². The van der Waals surface area contributed by atoms with Gasteiger partial charge in [0.15, 0.2) is 0 Å². The number of benzene rings is 2. The summed E-state index contributed by atoms with van der Waals surface area (Å²) in [7, 11) is 0. The van der Waals surface area contributed by atoms with Gasteiger partial charge >= 0.3 is 0 Å². The van der Waals surface area contributed by atoms with Crippen molar-refractivity contribution in [1.29, 1.82) is 0 Å². The molecule has 0 bridgehead atoms. The highest BCUT2D eigenvalue weighted by atomic mass is 19.1. The molecule has 1 atom stereocenters. The minimum Gasteiger partial charge on any atom is -0.349 e. The molecule has 2 saturated heterocycles. The molecule has 1 spiro atoms. The van der Waals surface area contributed by atoms with Gasteiger partial charge in [0, 0.05) is 25.6 Å². The summed E-state index contributed by atoms with van der Waals surface area (Å²) < 4.78 is 13.2. The van der Waals surface area contributed by atoms with E-state index in [2.05, 4.69) is 22.3 Å². The van der Waals surface area contributed by atoms with E-state index in [9.17, 15) is 14.0 Å². The van der Waals surface area contributed by atoms with Crippen LogP contribution in [0.25, 0.3) is 0 Å². The summed E-state index contributed by atoms with van der Waals surface area (Å²) in [4.78, 5) is 30.1. The number of halogens is 1. The Labute approximate surface area is 201 Å². The second-order valence-electron chi connectivity index (χ2n) is 10.3. The van der Waals surface area contributed by atoms with Gasteiger partial charge < -0.3 is 15.1 Å². The third kappa shape index (κ3) is 5.17. The van der Waals surface area contributed by atoms with Crippen molar-refractivity contribution in [3.05, 3.63) is 71.5 Å². The first-order chi connectivity index (χ1) is 16.5. The van der Waals surface area contributed by atoms with E-state index in [1.165, 1.54) is 12.1 Å². The van der Waals surface area contributed by atoms with Crippen LogP contribution in [0.2, 0.25) is 0 Å². The third-order valence-corrected chi connectivity index (χ3v) is 7.90. The molecule has 6 heteroatoms. The summed E-state index contributed by atoms with van der Waals surface area (Å²) in [6.45, 7) is 4.07. The number of nitrogens with zero attached hydrogens (tertiary/aromatic N) is 2. The first-order valence-corrected chi connectivity index (χ1v) is 12.6. The smallest absolute Gasteiger partial charge is 0.229 e. The minimum absolute atomic E-state index is 0.0319. The van der Waals surface area contributed by atoms with E-state index in [1.54, 1.807) is 12.1 Å². The maximum atomic E-state index is 13.3. The molecule has 2 heterocycles. The fourth-order valence-corrected chi connectivity index (χ4v) is 5.48. The predicted octanol–water partition coefficient (Wildman–Crippen LogP) is 4.30. The van der Waals surface area contributed by atoms with Gasteiger partial charge in [-0.05, 0) is 74.9 Å². The van der Waals surface area contributed by atoms with Crippen LogP contribution in [0.1, 0.15) is 55.7 Å². The molecule has 0 aromatic heterocycles. The largest absolute Gasteiger partial charge is 0.349 e. The molecule has 3 aliphatic rings. The topological polar surface area (TPSA) is 52.7 Å². The van der Waals surface area contributed by atoms with E-state index in [0.717, 1.165) is 75.8 Å². The highest BCUT2D eigenvalue weighted by molar-refractivity contribution is 5.85. The zero-order valence-corrected chi connectivity index (χ0v) is 19.7. The van der Waals surface area contributed by atoms with E-state index in [0.29, 0.717) is 6.54 Å². The Morgan fingerprint density at radius 2 is 1.68 bits per heavy atom. The average Bonchev–Trinajstić information content (AvgIpc) is 3.68. The van der Waals surface area contributed by atoms with Gasteiger partial charge in [-0.25, -0.2) is 4.39 Å². The van der Waals surface area contributed by atoms with Gasteiger partial charge in [-0.15, -0.1) is 0 Å². The number of likely N-dealkylation sites (tertiary alicyclic amines) is 2. The Kier molecular flexibility index (Phi) is 6.68. The van der Waals surface area contributed by atoms with Gasteiger partial charge in [-0.1, -0.05) is 42.5 Å². The summed E-state index contributed by atoms with van der Waals surface area (Å²) >= 11 is 0. The van der Waals surface area contributed by atoms with E-state index < -0.39 is 0 Å². The van der Waals surface area contributed by atoms with Crippen LogP contribution < -0.4 is 5.32 Å². The van der Waals surface area contributed by atoms with Crippen LogP contribution >= 0.6 is 0 Å². The van der Waals surface area contributed by atoms with Crippen LogP contribution in [0, 0.1) is 17.2 Å². The van der Waals surface area contributed by atoms with Crippen LogP contribution in [0.5, 0.6) is 0 Å². The van der Waals surface area contributed by atoms with E-state index in [-0.39, 0.29) is 35.0 Å². The predicted molar refractivity (Wildman–Crippen MR) is 129 cm³/mol. The summed E-state index contributed by atoms with van der Waals surface area (Å²) in [6.07, 6.45) is 5.57. The fourth-order valence-electron chi connectivity index (χ4n) is 5.48. The highest BCUT2D eigenvalue weighted by Crippen LogP contribution is 2.42. The molecule has 3 fully saturated rings. The Hall–Kier alpha value is -2.73. The summed E-state index contributed by atoms with van der Waals surface area (Å²) in [5, 5.41) is 3.27. The lowest BCUT2D eigenvalue weighted by Gasteiger charge is -2.38. The molecule has 1 saturated carbocycles. The van der Waals surface area contributed by atoms with Gasteiger partial charge in [-0.2, -0.15) is 0 Å². The van der Waals surface area contributed by atoms with E-state index in [4.69, 9.17) is 0 Å². The number of carbonyl (C=O) groups is 2. The Bertz CT molecular complexity index is 998. The maximum Gasteiger partial charge on any atom is 0.229 e. The Morgan fingerprint density at radius 1 is 1.00 bits per heavy atom. The lowest BCUT2D eigenvalue weighted by atomic mass is 9.77. The molecule has 1 N–H and O–H groups in total. The molecule has 5 rings (SSSR count). The fraction of sp³-hybridized carbons (Fsp3) is 0.500. The number of carbonyl (C=O) groups excluding carboxylic acids is 2. The van der Waals surface area contributed by atoms with Crippen LogP contribution in [0.4, 0.5) is 4.39 Å². The van der Waals surface area contributed by atoms with Crippen LogP contribution in [0.3, 0.4) is 0 Å². The number of amides is 2. The molecule has 34 heavy (non-hydrogen) atoms. The van der Waals surface area contributed by atoms with Crippen LogP contribution in [-0.4, -0.2) is 47.8 Å². The second-order valence-corrected chi connectivity index (χ2v) is 10.3. The molecule has 2 aliphatic heterocycles. The first-order valence-electron chi connectivity index (χ1n) is 12.6. The van der Waals surface area contributed by atoms with Crippen molar-refractivity contribution in [3.63, 3.8) is 0 Å². The number of nitrogens with one attached hydrogen (secondary N) is 1. The molecule has 180 valence electrons. The molecule has 1 aliphatic carbocycles. The number of hydrogen-bond donors (Lipinski definition) is 1. The van der Waals surface area contributed by atoms with Gasteiger partial charge in [0.05, 0.1) is 11.5 Å². The maximum absolute atomic E-state index is 13.3. The number of hydrogen-bond acceptors (Lipinski definition) is 3. The molecular formula is C28H34FN3O2. The van der Waals surface area contributed by atoms with Gasteiger partial charge in [-0.3, -0.25) is 9.59 Å². The van der Waals surface area contributed by atoms with E-state index in [1.807, 2.05) is 23.1 Å². The lowest BCUT2D eigenvalue weighted by molar-refractivity contribution is -0.139. The van der Waals surface area contributed by atoms with Crippen molar-refractivity contribution in [2.75, 3.05) is 26.2 Å². The zero-order chi connectivity index (χ0) is 23.5. The van der Waals surface area contributed by atoms with Crippen molar-refractivity contribution in [1.82, 2.24) is 15.1 Å². The van der Waals surface area contributed by atoms with Crippen LogP contribution in [-0.2, 0) is 16.1 Å². The number of rotatable bonds is 8.